The van der Waals surface area contributed by atoms with Gasteiger partial charge in [-0.2, -0.15) is 8.42 Å². The van der Waals surface area contributed by atoms with Gasteiger partial charge in [-0.3, -0.25) is 13.9 Å². The Balaban J connectivity index is 1.66. The summed E-state index contributed by atoms with van der Waals surface area (Å²) in [5, 5.41) is 0. The van der Waals surface area contributed by atoms with Gasteiger partial charge in [-0.25, -0.2) is 0 Å². The Morgan fingerprint density at radius 3 is 2.71 bits per heavy atom. The maximum absolute atomic E-state index is 12.7. The van der Waals surface area contributed by atoms with E-state index in [-0.39, 0.29) is 16.9 Å². The third-order valence-corrected chi connectivity index (χ3v) is 6.95. The Morgan fingerprint density at radius 2 is 2.04 bits per heavy atom. The lowest BCUT2D eigenvalue weighted by atomic mass is 9.76. The largest absolute Gasteiger partial charge is 0.465 e. The van der Waals surface area contributed by atoms with Crippen LogP contribution in [0.25, 0.3) is 0 Å². The van der Waals surface area contributed by atoms with Gasteiger partial charge in [0.2, 0.25) is 0 Å². The first-order chi connectivity index (χ1) is 11.4. The highest BCUT2D eigenvalue weighted by molar-refractivity contribution is 7.86. The fourth-order valence-corrected chi connectivity index (χ4v) is 5.51. The number of hydrogen-bond acceptors (Lipinski definition) is 6. The molecule has 7 heteroatoms. The van der Waals surface area contributed by atoms with E-state index >= 15 is 0 Å². The number of carbonyl (C=O) groups is 1. The smallest absolute Gasteiger partial charge is 0.316 e. The van der Waals surface area contributed by atoms with E-state index in [1.165, 1.54) is 0 Å². The standard InChI is InChI=1S/C17H21NO5S/c1-12-4-6-13(7-5-12)24(20,21)23-15-11-18-9-2-3-14(18)17(15)8-10-22-16(17)19/h4-7,14-15H,2-3,8-11H2,1H3/t14-,15+,17+/m0/s1. The molecule has 4 rings (SSSR count). The van der Waals surface area contributed by atoms with E-state index in [4.69, 9.17) is 8.92 Å². The van der Waals surface area contributed by atoms with Gasteiger partial charge < -0.3 is 4.74 Å². The number of cyclic esters (lactones) is 1. The second kappa shape index (κ2) is 5.54. The molecule has 0 unspecified atom stereocenters. The second-order valence-electron chi connectivity index (χ2n) is 6.93. The van der Waals surface area contributed by atoms with Crippen LogP contribution in [0.15, 0.2) is 29.2 Å². The Hall–Kier alpha value is -1.44. The summed E-state index contributed by atoms with van der Waals surface area (Å²) in [5.41, 5.74) is 0.139. The summed E-state index contributed by atoms with van der Waals surface area (Å²) in [5.74, 6) is -0.305. The van der Waals surface area contributed by atoms with Gasteiger partial charge >= 0.3 is 5.97 Å². The monoisotopic (exact) mass is 351 g/mol. The van der Waals surface area contributed by atoms with Crippen molar-refractivity contribution in [3.05, 3.63) is 29.8 Å². The number of rotatable bonds is 3. The number of benzene rings is 1. The topological polar surface area (TPSA) is 72.9 Å². The van der Waals surface area contributed by atoms with Crippen LogP contribution in [-0.2, 0) is 23.8 Å². The minimum absolute atomic E-state index is 0.0331. The van der Waals surface area contributed by atoms with Crippen LogP contribution >= 0.6 is 0 Å². The molecule has 6 nitrogen and oxygen atoms in total. The van der Waals surface area contributed by atoms with Crippen LogP contribution in [0.5, 0.6) is 0 Å². The van der Waals surface area contributed by atoms with E-state index in [0.29, 0.717) is 19.6 Å². The van der Waals surface area contributed by atoms with Crippen molar-refractivity contribution in [2.24, 2.45) is 5.41 Å². The first kappa shape index (κ1) is 16.1. The van der Waals surface area contributed by atoms with Crippen LogP contribution in [0.3, 0.4) is 0 Å². The number of ether oxygens (including phenoxy) is 1. The number of carbonyl (C=O) groups excluding carboxylic acids is 1. The molecule has 3 atom stereocenters. The van der Waals surface area contributed by atoms with E-state index in [2.05, 4.69) is 4.90 Å². The zero-order valence-corrected chi connectivity index (χ0v) is 14.4. The van der Waals surface area contributed by atoms with E-state index in [1.807, 2.05) is 6.92 Å². The molecule has 3 saturated heterocycles. The van der Waals surface area contributed by atoms with Crippen molar-refractivity contribution in [2.45, 2.75) is 43.2 Å². The molecule has 3 heterocycles. The highest BCUT2D eigenvalue weighted by atomic mass is 32.2. The van der Waals surface area contributed by atoms with Crippen LogP contribution < -0.4 is 0 Å². The minimum atomic E-state index is -3.91. The lowest BCUT2D eigenvalue weighted by molar-refractivity contribution is -0.150. The molecule has 24 heavy (non-hydrogen) atoms. The van der Waals surface area contributed by atoms with Crippen molar-refractivity contribution in [1.82, 2.24) is 4.90 Å². The van der Waals surface area contributed by atoms with Gasteiger partial charge in [0.15, 0.2) is 0 Å². The Kier molecular flexibility index (Phi) is 3.71. The summed E-state index contributed by atoms with van der Waals surface area (Å²) in [6.45, 7) is 3.58. The summed E-state index contributed by atoms with van der Waals surface area (Å²) in [6.07, 6.45) is 1.77. The number of nitrogens with zero attached hydrogens (tertiary/aromatic N) is 1. The van der Waals surface area contributed by atoms with Crippen LogP contribution in [0, 0.1) is 12.3 Å². The number of esters is 1. The van der Waals surface area contributed by atoms with Crippen LogP contribution in [0.4, 0.5) is 0 Å². The molecule has 0 radical (unpaired) electrons. The van der Waals surface area contributed by atoms with Gasteiger partial charge in [0, 0.05) is 19.0 Å². The molecule has 0 aromatic heterocycles. The van der Waals surface area contributed by atoms with Crippen molar-refractivity contribution >= 4 is 16.1 Å². The third-order valence-electron chi connectivity index (χ3n) is 5.61. The Labute approximate surface area is 141 Å². The maximum Gasteiger partial charge on any atom is 0.316 e. The molecule has 0 bridgehead atoms. The first-order valence-corrected chi connectivity index (χ1v) is 9.75. The molecule has 0 aliphatic carbocycles. The minimum Gasteiger partial charge on any atom is -0.465 e. The van der Waals surface area contributed by atoms with Crippen molar-refractivity contribution < 1.29 is 22.1 Å². The van der Waals surface area contributed by atoms with E-state index < -0.39 is 21.6 Å². The van der Waals surface area contributed by atoms with Crippen molar-refractivity contribution in [3.8, 4) is 0 Å². The summed E-state index contributed by atoms with van der Waals surface area (Å²) in [4.78, 5) is 14.8. The molecule has 0 saturated carbocycles. The van der Waals surface area contributed by atoms with Crippen LogP contribution in [0.2, 0.25) is 0 Å². The molecule has 130 valence electrons. The summed E-state index contributed by atoms with van der Waals surface area (Å²) in [6, 6.07) is 6.59. The zero-order chi connectivity index (χ0) is 16.9. The van der Waals surface area contributed by atoms with Crippen molar-refractivity contribution in [1.29, 1.82) is 0 Å². The van der Waals surface area contributed by atoms with Gasteiger partial charge in [-0.15, -0.1) is 0 Å². The lowest BCUT2D eigenvalue weighted by Gasteiger charge is -2.30. The molecule has 3 fully saturated rings. The fraction of sp³-hybridized carbons (Fsp3) is 0.588. The van der Waals surface area contributed by atoms with E-state index in [9.17, 15) is 13.2 Å². The molecule has 0 amide bonds. The number of fused-ring (bicyclic) bond motifs is 2. The second-order valence-corrected chi connectivity index (χ2v) is 8.50. The maximum atomic E-state index is 12.7. The average Bonchev–Trinajstić information content (AvgIpc) is 3.19. The fourth-order valence-electron chi connectivity index (χ4n) is 4.39. The molecule has 1 aromatic carbocycles. The first-order valence-electron chi connectivity index (χ1n) is 8.35. The predicted molar refractivity (Wildman–Crippen MR) is 85.8 cm³/mol. The molecular weight excluding hydrogens is 330 g/mol. The Bertz CT molecular complexity index is 760. The molecule has 1 aromatic rings. The average molecular weight is 351 g/mol. The van der Waals surface area contributed by atoms with Gasteiger partial charge in [0.1, 0.15) is 11.5 Å². The molecule has 3 aliphatic rings. The third kappa shape index (κ3) is 2.29. The summed E-state index contributed by atoms with van der Waals surface area (Å²) in [7, 11) is -3.91. The summed E-state index contributed by atoms with van der Waals surface area (Å²) >= 11 is 0. The van der Waals surface area contributed by atoms with Gasteiger partial charge in [-0.1, -0.05) is 17.7 Å². The normalized spacial score (nSPS) is 33.1. The highest BCUT2D eigenvalue weighted by Gasteiger charge is 2.64. The SMILES string of the molecule is Cc1ccc(S(=O)(=O)O[C@@H]2CN3CCC[C@H]3[C@]23CCOC3=O)cc1. The molecule has 3 aliphatic heterocycles. The van der Waals surface area contributed by atoms with E-state index in [1.54, 1.807) is 24.3 Å². The van der Waals surface area contributed by atoms with Gasteiger partial charge in [-0.05, 0) is 38.4 Å². The highest BCUT2D eigenvalue weighted by Crippen LogP contribution is 2.50. The zero-order valence-electron chi connectivity index (χ0n) is 13.6. The quantitative estimate of drug-likeness (QED) is 0.607. The van der Waals surface area contributed by atoms with Crippen LogP contribution in [-0.4, -0.2) is 51.1 Å². The lowest BCUT2D eigenvalue weighted by Crippen LogP contribution is -2.46. The van der Waals surface area contributed by atoms with Crippen LogP contribution in [0.1, 0.15) is 24.8 Å². The van der Waals surface area contributed by atoms with Gasteiger partial charge in [0.05, 0.1) is 11.5 Å². The van der Waals surface area contributed by atoms with Crippen molar-refractivity contribution in [3.63, 3.8) is 0 Å². The van der Waals surface area contributed by atoms with Gasteiger partial charge in [0.25, 0.3) is 10.1 Å². The molecule has 1 spiro atoms. The number of aryl methyl sites for hydroxylation is 1. The molecular formula is C17H21NO5S. The van der Waals surface area contributed by atoms with Crippen molar-refractivity contribution in [2.75, 3.05) is 19.7 Å². The van der Waals surface area contributed by atoms with E-state index in [0.717, 1.165) is 24.9 Å². The molecule has 0 N–H and O–H groups in total. The predicted octanol–water partition coefficient (Wildman–Crippen LogP) is 1.48. The number of hydrogen-bond donors (Lipinski definition) is 0. The Morgan fingerprint density at radius 1 is 1.29 bits per heavy atom. The summed E-state index contributed by atoms with van der Waals surface area (Å²) < 4.78 is 36.2.